The van der Waals surface area contributed by atoms with Crippen LogP contribution < -0.4 is 26.5 Å². The van der Waals surface area contributed by atoms with E-state index in [4.69, 9.17) is 1.37 Å². The van der Waals surface area contributed by atoms with Crippen molar-refractivity contribution in [3.8, 4) is 0 Å². The third kappa shape index (κ3) is 4.62. The van der Waals surface area contributed by atoms with Crippen molar-refractivity contribution in [3.63, 3.8) is 0 Å². The van der Waals surface area contributed by atoms with E-state index in [0.29, 0.717) is 6.90 Å². The molecule has 0 aromatic heterocycles. The Balaban J connectivity index is 1.70. The van der Waals surface area contributed by atoms with E-state index in [9.17, 15) is 0 Å². The summed E-state index contributed by atoms with van der Waals surface area (Å²) >= 11 is 0. The molecule has 7 rings (SSSR count). The van der Waals surface area contributed by atoms with Crippen LogP contribution in [0.4, 0.5) is 0 Å². The van der Waals surface area contributed by atoms with E-state index in [1.165, 1.54) is 55.9 Å². The summed E-state index contributed by atoms with van der Waals surface area (Å²) < 4.78 is 8.69. The molecule has 0 saturated heterocycles. The Kier molecular flexibility index (Phi) is 7.53. The van der Waals surface area contributed by atoms with Gasteiger partial charge in [-0.05, 0) is 73.8 Å². The lowest BCUT2D eigenvalue weighted by atomic mass is 10.1. The summed E-state index contributed by atoms with van der Waals surface area (Å²) in [6.45, 7) is -1.91. The summed E-state index contributed by atoms with van der Waals surface area (Å²) in [7, 11) is -0.882. The Bertz CT molecular complexity index is 1810. The number of rotatable bonds is 7. The molecule has 0 spiro atoms. The second kappa shape index (κ2) is 12.1. The lowest BCUT2D eigenvalue weighted by molar-refractivity contribution is 1.49. The predicted octanol–water partition coefficient (Wildman–Crippen LogP) is 8.29. The topological polar surface area (TPSA) is 0 Å². The highest BCUT2D eigenvalue weighted by Crippen LogP contribution is 2.65. The van der Waals surface area contributed by atoms with Crippen LogP contribution in [0.3, 0.4) is 0 Å². The first-order valence-corrected chi connectivity index (χ1v) is 19.4. The van der Waals surface area contributed by atoms with Gasteiger partial charge in [0, 0.05) is 12.0 Å². The minimum Gasteiger partial charge on any atom is -0.0622 e. The van der Waals surface area contributed by atoms with Gasteiger partial charge in [-0.1, -0.05) is 146 Å². The molecule has 0 unspecified atom stereocenters. The van der Waals surface area contributed by atoms with Crippen molar-refractivity contribution in [2.75, 3.05) is 6.16 Å². The van der Waals surface area contributed by atoms with Crippen molar-refractivity contribution >= 4 is 58.9 Å². The van der Waals surface area contributed by atoms with Crippen LogP contribution in [0.25, 0.3) is 0 Å². The molecule has 208 valence electrons. The largest absolute Gasteiger partial charge is 0.138 e. The maximum absolute atomic E-state index is 8.69. The maximum atomic E-state index is 8.69. The van der Waals surface area contributed by atoms with Gasteiger partial charge in [0.05, 0.1) is 6.16 Å². The molecule has 3 heteroatoms. The van der Waals surface area contributed by atoms with Gasteiger partial charge in [0.2, 0.25) is 0 Å². The van der Waals surface area contributed by atoms with Crippen LogP contribution in [0.5, 0.6) is 0 Å². The van der Waals surface area contributed by atoms with E-state index in [1.807, 2.05) is 0 Å². The first kappa shape index (κ1) is 26.8. The van der Waals surface area contributed by atoms with Gasteiger partial charge in [0.1, 0.15) is 22.9 Å². The normalized spacial score (nSPS) is 13.6. The molecular formula is C40H34P3+. The fraction of sp³-hybridized carbons (Fsp3) is 0.0500. The van der Waals surface area contributed by atoms with Crippen LogP contribution in [0.1, 0.15) is 19.4 Å². The van der Waals surface area contributed by atoms with Crippen molar-refractivity contribution in [2.45, 2.75) is 6.90 Å². The Morgan fingerprint density at radius 3 is 1.28 bits per heavy atom. The SMILES string of the molecule is [2H]CC[P+](C1=PC(=P(c2ccccc2)(c2ccccc2)c2ccccc2)c2ccccc21)(c1ccccc1)c1ccccc1. The van der Waals surface area contributed by atoms with Gasteiger partial charge in [0.25, 0.3) is 0 Å². The summed E-state index contributed by atoms with van der Waals surface area (Å²) in [5.41, 5.74) is 2.71. The highest BCUT2D eigenvalue weighted by molar-refractivity contribution is 8.14. The van der Waals surface area contributed by atoms with Crippen LogP contribution in [0.15, 0.2) is 176 Å². The van der Waals surface area contributed by atoms with E-state index in [1.54, 1.807) is 0 Å². The number of hydrogen-bond acceptors (Lipinski definition) is 0. The zero-order valence-corrected chi connectivity index (χ0v) is 26.7. The minimum absolute atomic E-state index is 0.379. The van der Waals surface area contributed by atoms with Crippen molar-refractivity contribution in [1.82, 2.24) is 0 Å². The van der Waals surface area contributed by atoms with Crippen molar-refractivity contribution < 1.29 is 1.37 Å². The molecule has 0 N–H and O–H groups in total. The van der Waals surface area contributed by atoms with Gasteiger partial charge >= 0.3 is 0 Å². The Morgan fingerprint density at radius 2 is 0.860 bits per heavy atom. The summed E-state index contributed by atoms with van der Waals surface area (Å²) in [6.07, 6.45) is 0.818. The molecule has 0 amide bonds. The Hall–Kier alpha value is -3.78. The average molecular weight is 609 g/mol. The second-order valence-electron chi connectivity index (χ2n) is 10.7. The van der Waals surface area contributed by atoms with Gasteiger partial charge in [-0.15, -0.1) is 0 Å². The van der Waals surface area contributed by atoms with E-state index in [2.05, 4.69) is 176 Å². The van der Waals surface area contributed by atoms with Crippen LogP contribution >= 0.6 is 22.4 Å². The molecule has 0 atom stereocenters. The number of fused-ring (bicyclic) bond motifs is 1. The smallest absolute Gasteiger partial charge is 0.0622 e. The Morgan fingerprint density at radius 1 is 0.488 bits per heavy atom. The molecule has 0 aliphatic carbocycles. The predicted molar refractivity (Wildman–Crippen MR) is 196 cm³/mol. The van der Waals surface area contributed by atoms with Gasteiger partial charge in [0.15, 0.2) is 0 Å². The molecule has 1 aliphatic heterocycles. The van der Waals surface area contributed by atoms with Crippen LogP contribution in [0, 0.1) is 0 Å². The van der Waals surface area contributed by atoms with E-state index < -0.39 is 14.1 Å². The third-order valence-electron chi connectivity index (χ3n) is 8.46. The third-order valence-corrected chi connectivity index (χ3v) is 20.0. The fourth-order valence-corrected chi connectivity index (χ4v) is 19.0. The lowest BCUT2D eigenvalue weighted by Crippen LogP contribution is -2.29. The van der Waals surface area contributed by atoms with E-state index in [0.717, 1.165) is 6.16 Å². The van der Waals surface area contributed by atoms with Gasteiger partial charge in [-0.2, -0.15) is 0 Å². The maximum Gasteiger partial charge on any atom is 0.138 e. The first-order chi connectivity index (χ1) is 21.8. The summed E-state index contributed by atoms with van der Waals surface area (Å²) in [6, 6.07) is 65.0. The molecule has 0 radical (unpaired) electrons. The monoisotopic (exact) mass is 608 g/mol. The highest BCUT2D eigenvalue weighted by Gasteiger charge is 2.50. The zero-order valence-electron chi connectivity index (χ0n) is 25.0. The average Bonchev–Trinajstić information content (AvgIpc) is 3.50. The van der Waals surface area contributed by atoms with Crippen molar-refractivity contribution in [1.29, 1.82) is 0 Å². The van der Waals surface area contributed by atoms with Crippen LogP contribution in [0.2, 0.25) is 0 Å². The summed E-state index contributed by atoms with van der Waals surface area (Å²) in [5, 5.41) is 9.83. The van der Waals surface area contributed by atoms with Gasteiger partial charge in [-0.3, -0.25) is 0 Å². The Labute approximate surface area is 259 Å². The quantitative estimate of drug-likeness (QED) is 0.160. The highest BCUT2D eigenvalue weighted by atomic mass is 31.2. The van der Waals surface area contributed by atoms with Crippen molar-refractivity contribution in [2.24, 2.45) is 0 Å². The summed E-state index contributed by atoms with van der Waals surface area (Å²) in [4.78, 5) is 0. The molecule has 1 heterocycles. The molecule has 6 aromatic rings. The van der Waals surface area contributed by atoms with E-state index in [-0.39, 0.29) is 0 Å². The number of hydrogen-bond donors (Lipinski definition) is 0. The van der Waals surface area contributed by atoms with Crippen molar-refractivity contribution in [3.05, 3.63) is 187 Å². The molecule has 0 fully saturated rings. The van der Waals surface area contributed by atoms with Crippen LogP contribution in [-0.2, 0) is 0 Å². The molecule has 6 aromatic carbocycles. The minimum atomic E-state index is -2.29. The van der Waals surface area contributed by atoms with Gasteiger partial charge in [-0.25, -0.2) is 0 Å². The second-order valence-corrected chi connectivity index (χ2v) is 19.4. The molecule has 0 saturated carbocycles. The molecule has 0 nitrogen and oxygen atoms in total. The standard InChI is InChI=1S/C40H34P3/c1-2-42(32-20-8-3-9-21-32,33-22-10-4-11-23-33)39-37-30-18-19-31-38(37)40(41-39)43(34-24-12-5-13-25-34,35-26-14-6-15-27-35)36-28-16-7-17-29-36/h3-31H,2H2,1H3/q+1/i1D. The fourth-order valence-electron chi connectivity index (χ4n) is 6.53. The molecule has 43 heavy (non-hydrogen) atoms. The lowest BCUT2D eigenvalue weighted by Gasteiger charge is -2.31. The molecule has 0 bridgehead atoms. The molecular weight excluding hydrogens is 573 g/mol. The first-order valence-electron chi connectivity index (χ1n) is 15.4. The zero-order chi connectivity index (χ0) is 29.8. The van der Waals surface area contributed by atoms with Crippen LogP contribution in [-0.4, -0.2) is 16.2 Å². The number of benzene rings is 6. The van der Waals surface area contributed by atoms with E-state index >= 15 is 0 Å². The summed E-state index contributed by atoms with van der Waals surface area (Å²) in [5.74, 6) is 0. The van der Waals surface area contributed by atoms with Gasteiger partial charge < -0.3 is 0 Å². The molecule has 1 aliphatic rings.